The van der Waals surface area contributed by atoms with Crippen molar-refractivity contribution >= 4 is 39.6 Å². The predicted molar refractivity (Wildman–Crippen MR) is 212 cm³/mol. The minimum absolute atomic E-state index is 0.0101. The predicted octanol–water partition coefficient (Wildman–Crippen LogP) is 2.43. The van der Waals surface area contributed by atoms with Gasteiger partial charge >= 0.3 is 0 Å². The van der Waals surface area contributed by atoms with Crippen molar-refractivity contribution in [2.24, 2.45) is 29.6 Å². The third kappa shape index (κ3) is 13.1. The van der Waals surface area contributed by atoms with E-state index in [1.807, 2.05) is 55.4 Å². The zero-order valence-corrected chi connectivity index (χ0v) is 36.5. The number of nitrogens with zero attached hydrogens (tertiary/aromatic N) is 2. The number of likely N-dealkylation sites (tertiary alicyclic amines) is 1. The molecule has 0 aromatic rings. The highest BCUT2D eigenvalue weighted by atomic mass is 32.2. The van der Waals surface area contributed by atoms with Crippen LogP contribution in [0.2, 0.25) is 0 Å². The maximum atomic E-state index is 14.2. The van der Waals surface area contributed by atoms with Gasteiger partial charge in [-0.05, 0) is 62.8 Å². The number of carbonyl (C=O) groups is 5. The average molecular weight is 801 g/mol. The minimum atomic E-state index is -3.80. The Morgan fingerprint density at radius 1 is 0.836 bits per heavy atom. The zero-order chi connectivity index (χ0) is 41.9. The molecule has 0 aromatic carbocycles. The molecule has 1 saturated heterocycles. The van der Waals surface area contributed by atoms with Crippen LogP contribution >= 0.6 is 0 Å². The first-order chi connectivity index (χ1) is 25.7. The van der Waals surface area contributed by atoms with Gasteiger partial charge in [-0.2, -0.15) is 0 Å². The number of rotatable bonds is 23. The number of methoxy groups -OCH3 is 2. The number of hydrogen-bond acceptors (Lipinski definition) is 10. The number of amides is 5. The molecule has 1 saturated carbocycles. The van der Waals surface area contributed by atoms with Gasteiger partial charge in [0.25, 0.3) is 5.91 Å². The number of sulfonamides is 1. The standard InChI is InChI=1S/C39H72N6O9S/c1-14-25(8)34(44(11)39(50)33(24(6)7)42-38(49)32(40-10)23(4)5)30(53-12)21-31(46)45-19-15-16-29(45)35(54-13)26(9)36(47)41-28(20-22(2)3)37(48)43-55(51,52)27-17-18-27/h22-30,32-35,40H,14-21H2,1-13H3,(H,41,47)(H,42,49)(H,43,48)/t25-,26+,28-,29?,30+,32?,33-,34-,35+/m0/s1. The van der Waals surface area contributed by atoms with Gasteiger partial charge in [0.15, 0.2) is 0 Å². The summed E-state index contributed by atoms with van der Waals surface area (Å²) in [7, 11) is 2.62. The van der Waals surface area contributed by atoms with E-state index in [2.05, 4.69) is 20.7 Å². The SMILES string of the molecule is CC[C@H](C)[C@@H]([C@@H](CC(=O)N1CCCC1[C@H](OC)[C@@H](C)C(=O)N[C@@H](CC(C)C)C(=O)NS(=O)(=O)C1CC1)OC)N(C)C(=O)[C@@H](NC(=O)C(NC)C(C)C)C(C)C. The molecule has 1 aliphatic carbocycles. The maximum absolute atomic E-state index is 14.2. The summed E-state index contributed by atoms with van der Waals surface area (Å²) in [5, 5.41) is 8.18. The summed E-state index contributed by atoms with van der Waals surface area (Å²) in [6.07, 6.45) is 1.79. The Kier molecular flexibility index (Phi) is 19.0. The zero-order valence-electron chi connectivity index (χ0n) is 35.6. The van der Waals surface area contributed by atoms with Crippen molar-refractivity contribution in [1.29, 1.82) is 0 Å². The molecule has 0 spiro atoms. The summed E-state index contributed by atoms with van der Waals surface area (Å²) in [6, 6.07) is -3.27. The number of carbonyl (C=O) groups excluding carboxylic acids is 5. The molecule has 2 aliphatic rings. The normalized spacial score (nSPS) is 20.7. The molecule has 0 radical (unpaired) electrons. The summed E-state index contributed by atoms with van der Waals surface area (Å²) in [6.45, 7) is 17.5. The van der Waals surface area contributed by atoms with E-state index in [-0.39, 0.29) is 54.2 Å². The molecular weight excluding hydrogens is 729 g/mol. The molecule has 55 heavy (non-hydrogen) atoms. The molecule has 5 amide bonds. The van der Waals surface area contributed by atoms with Crippen LogP contribution in [0.3, 0.4) is 0 Å². The summed E-state index contributed by atoms with van der Waals surface area (Å²) in [5.74, 6) is -3.03. The molecule has 0 bridgehead atoms. The molecule has 2 fully saturated rings. The van der Waals surface area contributed by atoms with Crippen molar-refractivity contribution < 1.29 is 41.9 Å². The molecule has 0 aromatic heterocycles. The lowest BCUT2D eigenvalue weighted by atomic mass is 9.89. The fraction of sp³-hybridized carbons (Fsp3) is 0.872. The van der Waals surface area contributed by atoms with E-state index in [0.717, 1.165) is 0 Å². The third-order valence-electron chi connectivity index (χ3n) is 11.3. The van der Waals surface area contributed by atoms with E-state index in [0.29, 0.717) is 38.6 Å². The van der Waals surface area contributed by atoms with Crippen LogP contribution in [0.1, 0.15) is 107 Å². The Hall–Kier alpha value is -2.82. The largest absolute Gasteiger partial charge is 0.379 e. The monoisotopic (exact) mass is 801 g/mol. The van der Waals surface area contributed by atoms with Gasteiger partial charge in [-0.1, -0.05) is 68.7 Å². The van der Waals surface area contributed by atoms with E-state index < -0.39 is 75.4 Å². The lowest BCUT2D eigenvalue weighted by Gasteiger charge is -2.41. The molecular formula is C39H72N6O9S. The lowest BCUT2D eigenvalue weighted by Crippen LogP contribution is -2.59. The molecule has 1 heterocycles. The van der Waals surface area contributed by atoms with Crippen molar-refractivity contribution in [2.75, 3.05) is 34.9 Å². The van der Waals surface area contributed by atoms with Crippen LogP contribution in [0.25, 0.3) is 0 Å². The van der Waals surface area contributed by atoms with Crippen LogP contribution in [-0.2, 0) is 43.5 Å². The van der Waals surface area contributed by atoms with E-state index in [1.54, 1.807) is 30.8 Å². The van der Waals surface area contributed by atoms with E-state index in [4.69, 9.17) is 9.47 Å². The fourth-order valence-corrected chi connectivity index (χ4v) is 9.07. The van der Waals surface area contributed by atoms with Gasteiger partial charge in [0.05, 0.1) is 47.9 Å². The summed E-state index contributed by atoms with van der Waals surface area (Å²) in [4.78, 5) is 71.7. The summed E-state index contributed by atoms with van der Waals surface area (Å²) >= 11 is 0. The smallest absolute Gasteiger partial charge is 0.256 e. The molecule has 2 rings (SSSR count). The van der Waals surface area contributed by atoms with Gasteiger partial charge in [-0.3, -0.25) is 28.7 Å². The van der Waals surface area contributed by atoms with Crippen LogP contribution in [0.15, 0.2) is 0 Å². The Morgan fingerprint density at radius 3 is 1.91 bits per heavy atom. The van der Waals surface area contributed by atoms with E-state index >= 15 is 0 Å². The van der Waals surface area contributed by atoms with Gasteiger partial charge in [0.1, 0.15) is 12.1 Å². The van der Waals surface area contributed by atoms with Crippen molar-refractivity contribution in [2.45, 2.75) is 155 Å². The van der Waals surface area contributed by atoms with E-state index in [1.165, 1.54) is 14.2 Å². The van der Waals surface area contributed by atoms with Gasteiger partial charge in [-0.15, -0.1) is 0 Å². The lowest BCUT2D eigenvalue weighted by molar-refractivity contribution is -0.148. The average Bonchev–Trinajstić information content (AvgIpc) is 3.88. The highest BCUT2D eigenvalue weighted by Crippen LogP contribution is 2.30. The fourth-order valence-electron chi connectivity index (χ4n) is 7.73. The van der Waals surface area contributed by atoms with Crippen LogP contribution < -0.4 is 20.7 Å². The van der Waals surface area contributed by atoms with E-state index in [9.17, 15) is 32.4 Å². The Balaban J connectivity index is 2.27. The van der Waals surface area contributed by atoms with Crippen LogP contribution in [-0.4, -0.2) is 130 Å². The molecule has 318 valence electrons. The number of nitrogens with one attached hydrogen (secondary N) is 4. The van der Waals surface area contributed by atoms with Gasteiger partial charge in [0, 0.05) is 27.8 Å². The highest BCUT2D eigenvalue weighted by Gasteiger charge is 2.44. The molecule has 9 atom stereocenters. The number of likely N-dealkylation sites (N-methyl/N-ethyl adjacent to an activating group) is 2. The number of hydrogen-bond donors (Lipinski definition) is 4. The van der Waals surface area contributed by atoms with Crippen molar-refractivity contribution in [3.8, 4) is 0 Å². The van der Waals surface area contributed by atoms with Gasteiger partial charge in [0.2, 0.25) is 33.7 Å². The molecule has 1 aliphatic heterocycles. The first-order valence-corrected chi connectivity index (χ1v) is 21.7. The highest BCUT2D eigenvalue weighted by molar-refractivity contribution is 7.90. The Bertz CT molecular complexity index is 1410. The summed E-state index contributed by atoms with van der Waals surface area (Å²) < 4.78 is 39.0. The van der Waals surface area contributed by atoms with Crippen LogP contribution in [0.5, 0.6) is 0 Å². The number of ether oxygens (including phenoxy) is 2. The first-order valence-electron chi connectivity index (χ1n) is 20.1. The van der Waals surface area contributed by atoms with Crippen LogP contribution in [0.4, 0.5) is 0 Å². The second-order valence-electron chi connectivity index (χ2n) is 16.7. The Labute approximate surface area is 330 Å². The topological polar surface area (TPSA) is 193 Å². The van der Waals surface area contributed by atoms with Crippen molar-refractivity contribution in [1.82, 2.24) is 30.5 Å². The van der Waals surface area contributed by atoms with Gasteiger partial charge < -0.3 is 35.2 Å². The molecule has 15 nitrogen and oxygen atoms in total. The van der Waals surface area contributed by atoms with Crippen molar-refractivity contribution in [3.05, 3.63) is 0 Å². The summed E-state index contributed by atoms with van der Waals surface area (Å²) in [5.41, 5.74) is 0. The third-order valence-corrected chi connectivity index (χ3v) is 13.1. The quantitative estimate of drug-likeness (QED) is 0.119. The van der Waals surface area contributed by atoms with Crippen LogP contribution in [0, 0.1) is 29.6 Å². The molecule has 4 N–H and O–H groups in total. The molecule has 16 heteroatoms. The first kappa shape index (κ1) is 48.3. The van der Waals surface area contributed by atoms with Crippen molar-refractivity contribution in [3.63, 3.8) is 0 Å². The minimum Gasteiger partial charge on any atom is -0.379 e. The second-order valence-corrected chi connectivity index (χ2v) is 18.7. The molecule has 2 unspecified atom stereocenters. The second kappa shape index (κ2) is 21.6. The Morgan fingerprint density at radius 2 is 1.44 bits per heavy atom. The van der Waals surface area contributed by atoms with Gasteiger partial charge in [-0.25, -0.2) is 8.42 Å². The maximum Gasteiger partial charge on any atom is 0.256 e.